The van der Waals surface area contributed by atoms with Gasteiger partial charge in [0.15, 0.2) is 5.43 Å². The minimum Gasteiger partial charge on any atom is -0.495 e. The summed E-state index contributed by atoms with van der Waals surface area (Å²) in [6.07, 6.45) is 1.82. The number of para-hydroxylation sites is 2. The largest absolute Gasteiger partial charge is 0.495 e. The summed E-state index contributed by atoms with van der Waals surface area (Å²) in [5, 5.41) is 1.39. The molecule has 0 spiro atoms. The van der Waals surface area contributed by atoms with Crippen LogP contribution in [0.2, 0.25) is 0 Å². The van der Waals surface area contributed by atoms with E-state index in [1.54, 1.807) is 7.11 Å². The highest BCUT2D eigenvalue weighted by Gasteiger charge is 2.13. The summed E-state index contributed by atoms with van der Waals surface area (Å²) in [7, 11) is 1.62. The molecule has 100 valence electrons. The standard InChI is InChI=1S/C17H15NO2/c1-3-11-18-14-9-5-4-7-12(14)17(19)13-8-6-10-15(20-2)16(13)18/h3-10H,1,11H2,2H3. The number of pyridine rings is 1. The Balaban J connectivity index is 2.63. The molecule has 3 rings (SSSR count). The van der Waals surface area contributed by atoms with E-state index < -0.39 is 0 Å². The lowest BCUT2D eigenvalue weighted by molar-refractivity contribution is 0.417. The molecule has 0 aliphatic heterocycles. The van der Waals surface area contributed by atoms with Crippen LogP contribution in [0, 0.1) is 0 Å². The van der Waals surface area contributed by atoms with Crippen molar-refractivity contribution in [2.75, 3.05) is 7.11 Å². The highest BCUT2D eigenvalue weighted by molar-refractivity contribution is 5.96. The molecule has 2 aromatic carbocycles. The van der Waals surface area contributed by atoms with Crippen LogP contribution in [0.5, 0.6) is 5.75 Å². The average Bonchev–Trinajstić information content (AvgIpc) is 2.50. The summed E-state index contributed by atoms with van der Waals surface area (Å²) in [6, 6.07) is 13.2. The first-order valence-corrected chi connectivity index (χ1v) is 6.47. The van der Waals surface area contributed by atoms with E-state index in [-0.39, 0.29) is 5.43 Å². The van der Waals surface area contributed by atoms with Gasteiger partial charge in [-0.3, -0.25) is 4.79 Å². The first-order chi connectivity index (χ1) is 9.77. The van der Waals surface area contributed by atoms with E-state index in [2.05, 4.69) is 11.1 Å². The topological polar surface area (TPSA) is 31.2 Å². The maximum absolute atomic E-state index is 12.6. The predicted octanol–water partition coefficient (Wildman–Crippen LogP) is 3.35. The number of fused-ring (bicyclic) bond motifs is 2. The van der Waals surface area contributed by atoms with Crippen molar-refractivity contribution in [1.82, 2.24) is 4.57 Å². The highest BCUT2D eigenvalue weighted by atomic mass is 16.5. The van der Waals surface area contributed by atoms with Gasteiger partial charge in [0, 0.05) is 11.9 Å². The minimum absolute atomic E-state index is 0.0369. The number of allylic oxidation sites excluding steroid dienone is 1. The van der Waals surface area contributed by atoms with E-state index in [9.17, 15) is 4.79 Å². The normalized spacial score (nSPS) is 10.8. The fraction of sp³-hybridized carbons (Fsp3) is 0.118. The zero-order valence-electron chi connectivity index (χ0n) is 11.3. The molecule has 3 aromatic rings. The van der Waals surface area contributed by atoms with Crippen molar-refractivity contribution in [3.05, 3.63) is 65.3 Å². The smallest absolute Gasteiger partial charge is 0.197 e. The van der Waals surface area contributed by atoms with Crippen LogP contribution in [0.3, 0.4) is 0 Å². The van der Waals surface area contributed by atoms with E-state index in [0.29, 0.717) is 17.7 Å². The SMILES string of the molecule is C=CCn1c2ccccc2c(=O)c2cccc(OC)c21. The van der Waals surface area contributed by atoms with E-state index in [1.807, 2.05) is 48.5 Å². The van der Waals surface area contributed by atoms with Crippen LogP contribution in [0.25, 0.3) is 21.8 Å². The second-order valence-electron chi connectivity index (χ2n) is 4.60. The Kier molecular flexibility index (Phi) is 3.03. The molecule has 0 saturated carbocycles. The quantitative estimate of drug-likeness (QED) is 0.537. The molecule has 3 heteroatoms. The van der Waals surface area contributed by atoms with Crippen molar-refractivity contribution in [2.24, 2.45) is 0 Å². The first kappa shape index (κ1) is 12.5. The molecule has 0 atom stereocenters. The van der Waals surface area contributed by atoms with E-state index >= 15 is 0 Å². The van der Waals surface area contributed by atoms with Gasteiger partial charge < -0.3 is 9.30 Å². The summed E-state index contributed by atoms with van der Waals surface area (Å²) in [6.45, 7) is 4.43. The van der Waals surface area contributed by atoms with Crippen LogP contribution in [-0.2, 0) is 6.54 Å². The van der Waals surface area contributed by atoms with Gasteiger partial charge in [-0.1, -0.05) is 24.3 Å². The molecule has 0 aliphatic rings. The predicted molar refractivity (Wildman–Crippen MR) is 82.5 cm³/mol. The zero-order chi connectivity index (χ0) is 14.1. The Morgan fingerprint density at radius 1 is 1.15 bits per heavy atom. The van der Waals surface area contributed by atoms with Gasteiger partial charge >= 0.3 is 0 Å². The molecule has 1 heterocycles. The number of aromatic nitrogens is 1. The number of benzene rings is 2. The summed E-state index contributed by atoms with van der Waals surface area (Å²) < 4.78 is 7.49. The van der Waals surface area contributed by atoms with Gasteiger partial charge in [-0.25, -0.2) is 0 Å². The zero-order valence-corrected chi connectivity index (χ0v) is 11.3. The van der Waals surface area contributed by atoms with Gasteiger partial charge in [-0.15, -0.1) is 6.58 Å². The van der Waals surface area contributed by atoms with Gasteiger partial charge in [0.2, 0.25) is 0 Å². The Labute approximate surface area is 116 Å². The Hall–Kier alpha value is -2.55. The number of nitrogens with zero attached hydrogens (tertiary/aromatic N) is 1. The third-order valence-electron chi connectivity index (χ3n) is 3.48. The number of ether oxygens (including phenoxy) is 1. The summed E-state index contributed by atoms with van der Waals surface area (Å²) >= 11 is 0. The Morgan fingerprint density at radius 2 is 1.90 bits per heavy atom. The van der Waals surface area contributed by atoms with Crippen LogP contribution in [-0.4, -0.2) is 11.7 Å². The van der Waals surface area contributed by atoms with Gasteiger partial charge in [0.05, 0.1) is 23.5 Å². The van der Waals surface area contributed by atoms with Crippen molar-refractivity contribution in [1.29, 1.82) is 0 Å². The number of methoxy groups -OCH3 is 1. The number of hydrogen-bond acceptors (Lipinski definition) is 2. The number of rotatable bonds is 3. The van der Waals surface area contributed by atoms with Crippen LogP contribution in [0.15, 0.2) is 59.9 Å². The van der Waals surface area contributed by atoms with Crippen LogP contribution >= 0.6 is 0 Å². The van der Waals surface area contributed by atoms with Gasteiger partial charge in [0.25, 0.3) is 0 Å². The van der Waals surface area contributed by atoms with Crippen LogP contribution < -0.4 is 10.2 Å². The fourth-order valence-corrected chi connectivity index (χ4v) is 2.63. The molecular formula is C17H15NO2. The van der Waals surface area contributed by atoms with Crippen molar-refractivity contribution in [3.63, 3.8) is 0 Å². The van der Waals surface area contributed by atoms with Crippen LogP contribution in [0.1, 0.15) is 0 Å². The molecule has 3 nitrogen and oxygen atoms in total. The molecule has 0 radical (unpaired) electrons. The molecule has 0 N–H and O–H groups in total. The lowest BCUT2D eigenvalue weighted by Crippen LogP contribution is -2.11. The molecule has 0 bridgehead atoms. The summed E-state index contributed by atoms with van der Waals surface area (Å²) in [5.74, 6) is 0.701. The molecule has 1 aromatic heterocycles. The summed E-state index contributed by atoms with van der Waals surface area (Å²) in [5.41, 5.74) is 1.75. The van der Waals surface area contributed by atoms with Crippen molar-refractivity contribution < 1.29 is 4.74 Å². The van der Waals surface area contributed by atoms with E-state index in [4.69, 9.17) is 4.74 Å². The van der Waals surface area contributed by atoms with Crippen molar-refractivity contribution >= 4 is 21.8 Å². The van der Waals surface area contributed by atoms with Gasteiger partial charge in [-0.05, 0) is 24.3 Å². The minimum atomic E-state index is 0.0369. The highest BCUT2D eigenvalue weighted by Crippen LogP contribution is 2.27. The lowest BCUT2D eigenvalue weighted by Gasteiger charge is -2.15. The van der Waals surface area contributed by atoms with E-state index in [0.717, 1.165) is 16.4 Å². The van der Waals surface area contributed by atoms with Gasteiger partial charge in [-0.2, -0.15) is 0 Å². The molecule has 0 amide bonds. The molecule has 0 unspecified atom stereocenters. The molecule has 20 heavy (non-hydrogen) atoms. The van der Waals surface area contributed by atoms with Gasteiger partial charge in [0.1, 0.15) is 5.75 Å². The molecule has 0 aliphatic carbocycles. The molecular weight excluding hydrogens is 250 g/mol. The van der Waals surface area contributed by atoms with Crippen molar-refractivity contribution in [2.45, 2.75) is 6.54 Å². The maximum Gasteiger partial charge on any atom is 0.197 e. The Morgan fingerprint density at radius 3 is 2.65 bits per heavy atom. The molecule has 0 fully saturated rings. The first-order valence-electron chi connectivity index (χ1n) is 6.47. The monoisotopic (exact) mass is 265 g/mol. The second-order valence-corrected chi connectivity index (χ2v) is 4.60. The lowest BCUT2D eigenvalue weighted by atomic mass is 10.1. The molecule has 0 saturated heterocycles. The van der Waals surface area contributed by atoms with Crippen molar-refractivity contribution in [3.8, 4) is 5.75 Å². The maximum atomic E-state index is 12.6. The second kappa shape index (κ2) is 4.85. The Bertz CT molecular complexity index is 862. The van der Waals surface area contributed by atoms with E-state index in [1.165, 1.54) is 0 Å². The summed E-state index contributed by atoms with van der Waals surface area (Å²) in [4.78, 5) is 12.6. The third-order valence-corrected chi connectivity index (χ3v) is 3.48. The average molecular weight is 265 g/mol. The third kappa shape index (κ3) is 1.71. The van der Waals surface area contributed by atoms with Crippen LogP contribution in [0.4, 0.5) is 0 Å². The fourth-order valence-electron chi connectivity index (χ4n) is 2.63. The number of hydrogen-bond donors (Lipinski definition) is 0.